The summed E-state index contributed by atoms with van der Waals surface area (Å²) in [7, 11) is 0. The second-order valence-corrected chi connectivity index (χ2v) is 5.93. The topological polar surface area (TPSA) is 51.3 Å². The van der Waals surface area contributed by atoms with E-state index in [0.29, 0.717) is 29.5 Å². The highest BCUT2D eigenvalue weighted by atomic mass is 35.5. The molecule has 120 valence electrons. The van der Waals surface area contributed by atoms with E-state index in [1.54, 1.807) is 30.5 Å². The molecule has 0 aliphatic carbocycles. The van der Waals surface area contributed by atoms with Crippen molar-refractivity contribution in [3.8, 4) is 11.5 Å². The van der Waals surface area contributed by atoms with Crippen molar-refractivity contribution in [2.24, 2.45) is 0 Å². The number of allylic oxidation sites excluding steroid dienone is 1. The molecule has 0 radical (unpaired) electrons. The van der Waals surface area contributed by atoms with Gasteiger partial charge < -0.3 is 14.5 Å². The highest BCUT2D eigenvalue weighted by molar-refractivity contribution is 6.31. The molecule has 0 saturated heterocycles. The third kappa shape index (κ3) is 2.76. The summed E-state index contributed by atoms with van der Waals surface area (Å²) < 4.78 is 11.0. The standard InChI is InChI=1S/C19H14ClNO3/c20-13-3-4-14-15(11-21-16(14)10-13)17(22)5-1-12-2-6-18-19(9-12)24-8-7-23-18/h1-6,9-11,21H,7-8H2/b5-1+. The molecule has 1 N–H and O–H groups in total. The van der Waals surface area contributed by atoms with Crippen molar-refractivity contribution >= 4 is 34.4 Å². The molecule has 1 aromatic heterocycles. The van der Waals surface area contributed by atoms with Gasteiger partial charge in [-0.1, -0.05) is 29.8 Å². The van der Waals surface area contributed by atoms with Gasteiger partial charge in [-0.25, -0.2) is 0 Å². The Morgan fingerprint density at radius 2 is 1.92 bits per heavy atom. The fraction of sp³-hybridized carbons (Fsp3) is 0.105. The second-order valence-electron chi connectivity index (χ2n) is 5.49. The van der Waals surface area contributed by atoms with E-state index in [-0.39, 0.29) is 5.78 Å². The fourth-order valence-electron chi connectivity index (χ4n) is 2.73. The van der Waals surface area contributed by atoms with Crippen molar-refractivity contribution in [3.05, 3.63) is 64.8 Å². The van der Waals surface area contributed by atoms with E-state index in [0.717, 1.165) is 22.2 Å². The highest BCUT2D eigenvalue weighted by Gasteiger charge is 2.12. The molecule has 5 heteroatoms. The summed E-state index contributed by atoms with van der Waals surface area (Å²) in [5, 5.41) is 1.49. The van der Waals surface area contributed by atoms with Crippen molar-refractivity contribution < 1.29 is 14.3 Å². The van der Waals surface area contributed by atoms with Crippen LogP contribution in [0.5, 0.6) is 11.5 Å². The van der Waals surface area contributed by atoms with Crippen LogP contribution < -0.4 is 9.47 Å². The molecule has 4 rings (SSSR count). The lowest BCUT2D eigenvalue weighted by Gasteiger charge is -2.18. The maximum absolute atomic E-state index is 12.5. The van der Waals surface area contributed by atoms with Crippen LogP contribution in [0.3, 0.4) is 0 Å². The molecule has 0 bridgehead atoms. The minimum absolute atomic E-state index is 0.0709. The molecule has 0 amide bonds. The van der Waals surface area contributed by atoms with Crippen LogP contribution in [0.25, 0.3) is 17.0 Å². The van der Waals surface area contributed by atoms with Crippen LogP contribution in [-0.2, 0) is 0 Å². The lowest BCUT2D eigenvalue weighted by molar-refractivity contribution is 0.104. The third-order valence-corrected chi connectivity index (χ3v) is 4.14. The number of ketones is 1. The zero-order valence-corrected chi connectivity index (χ0v) is 13.5. The molecule has 3 aromatic rings. The Hall–Kier alpha value is -2.72. The molecule has 1 aliphatic heterocycles. The van der Waals surface area contributed by atoms with E-state index in [9.17, 15) is 4.79 Å². The number of H-pyrrole nitrogens is 1. The zero-order chi connectivity index (χ0) is 16.5. The van der Waals surface area contributed by atoms with Crippen LogP contribution in [0.1, 0.15) is 15.9 Å². The smallest absolute Gasteiger partial charge is 0.187 e. The molecule has 0 unspecified atom stereocenters. The molecule has 24 heavy (non-hydrogen) atoms. The van der Waals surface area contributed by atoms with Crippen LogP contribution in [0.2, 0.25) is 5.02 Å². The van der Waals surface area contributed by atoms with Crippen LogP contribution in [0.15, 0.2) is 48.7 Å². The van der Waals surface area contributed by atoms with Gasteiger partial charge in [0.15, 0.2) is 17.3 Å². The number of rotatable bonds is 3. The van der Waals surface area contributed by atoms with E-state index in [2.05, 4.69) is 4.98 Å². The number of carbonyl (C=O) groups excluding carboxylic acids is 1. The van der Waals surface area contributed by atoms with Gasteiger partial charge in [-0.15, -0.1) is 0 Å². The Kier molecular flexibility index (Phi) is 3.75. The van der Waals surface area contributed by atoms with Crippen molar-refractivity contribution in [1.82, 2.24) is 4.98 Å². The Balaban J connectivity index is 1.60. The quantitative estimate of drug-likeness (QED) is 0.565. The van der Waals surface area contributed by atoms with Gasteiger partial charge in [0.1, 0.15) is 13.2 Å². The first-order valence-corrected chi connectivity index (χ1v) is 7.97. The number of nitrogens with one attached hydrogen (secondary N) is 1. The van der Waals surface area contributed by atoms with Gasteiger partial charge in [0.05, 0.1) is 0 Å². The van der Waals surface area contributed by atoms with Crippen molar-refractivity contribution in [2.45, 2.75) is 0 Å². The van der Waals surface area contributed by atoms with Gasteiger partial charge >= 0.3 is 0 Å². The summed E-state index contributed by atoms with van der Waals surface area (Å²) in [6, 6.07) is 11.0. The number of aromatic amines is 1. The average Bonchev–Trinajstić information content (AvgIpc) is 3.02. The predicted octanol–water partition coefficient (Wildman–Crippen LogP) is 4.49. The lowest BCUT2D eigenvalue weighted by Crippen LogP contribution is -2.15. The number of hydrogen-bond donors (Lipinski definition) is 1. The summed E-state index contributed by atoms with van der Waals surface area (Å²) in [4.78, 5) is 15.5. The zero-order valence-electron chi connectivity index (χ0n) is 12.7. The van der Waals surface area contributed by atoms with E-state index >= 15 is 0 Å². The summed E-state index contributed by atoms with van der Waals surface area (Å²) in [6.45, 7) is 1.10. The summed E-state index contributed by atoms with van der Waals surface area (Å²) >= 11 is 5.97. The van der Waals surface area contributed by atoms with E-state index < -0.39 is 0 Å². The Labute approximate surface area is 143 Å². The van der Waals surface area contributed by atoms with Crippen LogP contribution in [-0.4, -0.2) is 24.0 Å². The van der Waals surface area contributed by atoms with Gasteiger partial charge in [-0.05, 0) is 35.9 Å². The van der Waals surface area contributed by atoms with Crippen LogP contribution >= 0.6 is 11.6 Å². The summed E-state index contributed by atoms with van der Waals surface area (Å²) in [5.41, 5.74) is 2.35. The minimum atomic E-state index is -0.0709. The fourth-order valence-corrected chi connectivity index (χ4v) is 2.90. The second kappa shape index (κ2) is 6.06. The Morgan fingerprint density at radius 3 is 2.79 bits per heavy atom. The van der Waals surface area contributed by atoms with Gasteiger partial charge in [-0.2, -0.15) is 0 Å². The predicted molar refractivity (Wildman–Crippen MR) is 94.1 cm³/mol. The van der Waals surface area contributed by atoms with E-state index in [1.807, 2.05) is 24.3 Å². The van der Waals surface area contributed by atoms with Gasteiger partial charge in [-0.3, -0.25) is 4.79 Å². The van der Waals surface area contributed by atoms with Gasteiger partial charge in [0.2, 0.25) is 0 Å². The van der Waals surface area contributed by atoms with Crippen LogP contribution in [0.4, 0.5) is 0 Å². The molecule has 1 aliphatic rings. The number of aromatic nitrogens is 1. The molecule has 0 spiro atoms. The molecular formula is C19H14ClNO3. The van der Waals surface area contributed by atoms with Crippen molar-refractivity contribution in [2.75, 3.05) is 13.2 Å². The monoisotopic (exact) mass is 339 g/mol. The first-order valence-electron chi connectivity index (χ1n) is 7.59. The maximum atomic E-state index is 12.5. The molecule has 4 nitrogen and oxygen atoms in total. The normalized spacial score (nSPS) is 13.5. The molecule has 0 saturated carbocycles. The number of hydrogen-bond acceptors (Lipinski definition) is 3. The van der Waals surface area contributed by atoms with Gasteiger partial charge in [0.25, 0.3) is 0 Å². The number of halogens is 1. The van der Waals surface area contributed by atoms with Crippen LogP contribution in [0, 0.1) is 0 Å². The molecule has 2 heterocycles. The number of carbonyl (C=O) groups is 1. The summed E-state index contributed by atoms with van der Waals surface area (Å²) in [6.07, 6.45) is 5.04. The highest BCUT2D eigenvalue weighted by Crippen LogP contribution is 2.31. The van der Waals surface area contributed by atoms with Gasteiger partial charge in [0, 0.05) is 27.7 Å². The maximum Gasteiger partial charge on any atom is 0.187 e. The molecule has 0 atom stereocenters. The van der Waals surface area contributed by atoms with E-state index in [4.69, 9.17) is 21.1 Å². The molecule has 2 aromatic carbocycles. The first-order chi connectivity index (χ1) is 11.7. The molecule has 0 fully saturated rings. The Morgan fingerprint density at radius 1 is 1.08 bits per heavy atom. The molecular weight excluding hydrogens is 326 g/mol. The van der Waals surface area contributed by atoms with Crippen molar-refractivity contribution in [1.29, 1.82) is 0 Å². The minimum Gasteiger partial charge on any atom is -0.486 e. The number of fused-ring (bicyclic) bond motifs is 2. The largest absolute Gasteiger partial charge is 0.486 e. The number of ether oxygens (including phenoxy) is 2. The lowest BCUT2D eigenvalue weighted by atomic mass is 10.1. The average molecular weight is 340 g/mol. The SMILES string of the molecule is O=C(/C=C/c1ccc2c(c1)OCCO2)c1c[nH]c2cc(Cl)ccc12. The summed E-state index contributed by atoms with van der Waals surface area (Å²) in [5.74, 6) is 1.37. The first kappa shape index (κ1) is 14.8. The van der Waals surface area contributed by atoms with E-state index in [1.165, 1.54) is 0 Å². The number of benzene rings is 2. The Bertz CT molecular complexity index is 958. The third-order valence-electron chi connectivity index (χ3n) is 3.90. The van der Waals surface area contributed by atoms with Crippen molar-refractivity contribution in [3.63, 3.8) is 0 Å².